The molecule has 0 saturated heterocycles. The molecule has 2 radical (unpaired) electrons. The Kier molecular flexibility index (Phi) is 4.43. The zero-order valence-electron chi connectivity index (χ0n) is 5.52. The van der Waals surface area contributed by atoms with E-state index in [1.54, 1.807) is 0 Å². The third-order valence-corrected chi connectivity index (χ3v) is 0.987. The van der Waals surface area contributed by atoms with Gasteiger partial charge in [0.15, 0.2) is 0 Å². The molecule has 0 amide bonds. The molecular weight excluding hydrogens is 94.9 g/mol. The topological polar surface area (TPSA) is 0 Å². The highest BCUT2D eigenvalue weighted by atomic mass is 13.8. The van der Waals surface area contributed by atoms with Crippen LogP contribution in [0.4, 0.5) is 0 Å². The van der Waals surface area contributed by atoms with Gasteiger partial charge in [-0.2, -0.15) is 0 Å². The minimum Gasteiger partial charge on any atom is -0.0874 e. The third kappa shape index (κ3) is 2.67. The van der Waals surface area contributed by atoms with E-state index in [0.717, 1.165) is 0 Å². The van der Waals surface area contributed by atoms with Gasteiger partial charge < -0.3 is 0 Å². The second-order valence-electron chi connectivity index (χ2n) is 1.57. The maximum atomic E-state index is 5.35. The molecule has 1 heteroatoms. The van der Waals surface area contributed by atoms with Gasteiger partial charge in [-0.3, -0.25) is 0 Å². The first-order chi connectivity index (χ1) is 3.85. The molecule has 0 aliphatic carbocycles. The predicted molar refractivity (Wildman–Crippen MR) is 39.1 cm³/mol. The number of hydrogen-bond acceptors (Lipinski definition) is 0. The van der Waals surface area contributed by atoms with Crippen LogP contribution in [0.2, 0.25) is 6.32 Å². The molecule has 0 unspecified atom stereocenters. The molecule has 0 aliphatic heterocycles. The zero-order chi connectivity index (χ0) is 6.41. The lowest BCUT2D eigenvalue weighted by Crippen LogP contribution is -1.72. The van der Waals surface area contributed by atoms with Crippen LogP contribution in [0.5, 0.6) is 0 Å². The lowest BCUT2D eigenvalue weighted by Gasteiger charge is -1.90. The van der Waals surface area contributed by atoms with Crippen molar-refractivity contribution in [1.82, 2.24) is 0 Å². The van der Waals surface area contributed by atoms with E-state index in [-0.39, 0.29) is 0 Å². The Bertz CT molecular complexity index is 98.2. The largest absolute Gasteiger partial charge is 0.0874 e. The van der Waals surface area contributed by atoms with Crippen LogP contribution in [0.3, 0.4) is 0 Å². The highest BCUT2D eigenvalue weighted by molar-refractivity contribution is 6.10. The summed E-state index contributed by atoms with van der Waals surface area (Å²) in [6.07, 6.45) is 6.66. The van der Waals surface area contributed by atoms with Gasteiger partial charge in [-0.25, -0.2) is 0 Å². The van der Waals surface area contributed by atoms with Gasteiger partial charge in [0.2, 0.25) is 0 Å². The molecule has 0 rings (SSSR count). The summed E-state index contributed by atoms with van der Waals surface area (Å²) >= 11 is 0. The Balaban J connectivity index is 3.72. The van der Waals surface area contributed by atoms with E-state index in [1.807, 2.05) is 32.1 Å². The summed E-state index contributed by atoms with van der Waals surface area (Å²) < 4.78 is 0. The number of hydrogen-bond donors (Lipinski definition) is 0. The first-order valence-corrected chi connectivity index (χ1v) is 2.83. The van der Waals surface area contributed by atoms with E-state index >= 15 is 0 Å². The van der Waals surface area contributed by atoms with Crippen molar-refractivity contribution in [1.29, 1.82) is 0 Å². The molecule has 8 heavy (non-hydrogen) atoms. The van der Waals surface area contributed by atoms with Gasteiger partial charge in [-0.15, -0.1) is 0 Å². The standard InChI is InChI=1S/C7H11B/c1-3-5-7(4-2)6-8/h3-5H,6H2,1-2H3. The van der Waals surface area contributed by atoms with Crippen LogP contribution >= 0.6 is 0 Å². The highest BCUT2D eigenvalue weighted by Gasteiger charge is 1.79. The van der Waals surface area contributed by atoms with Crippen molar-refractivity contribution in [3.8, 4) is 0 Å². The Hall–Kier alpha value is -0.455. The van der Waals surface area contributed by atoms with Gasteiger partial charge in [0.1, 0.15) is 0 Å². The van der Waals surface area contributed by atoms with Crippen LogP contribution in [0.15, 0.2) is 23.8 Å². The second-order valence-corrected chi connectivity index (χ2v) is 1.57. The minimum absolute atomic E-state index is 0.640. The van der Waals surface area contributed by atoms with Crippen molar-refractivity contribution in [2.75, 3.05) is 0 Å². The number of rotatable bonds is 2. The Morgan fingerprint density at radius 3 is 2.25 bits per heavy atom. The van der Waals surface area contributed by atoms with Crippen LogP contribution < -0.4 is 0 Å². The second kappa shape index (κ2) is 4.70. The summed E-state index contributed by atoms with van der Waals surface area (Å²) in [6, 6.07) is 0. The van der Waals surface area contributed by atoms with E-state index < -0.39 is 0 Å². The Morgan fingerprint density at radius 1 is 1.50 bits per heavy atom. The van der Waals surface area contributed by atoms with E-state index in [1.165, 1.54) is 5.57 Å². The van der Waals surface area contributed by atoms with Crippen LogP contribution in [0, 0.1) is 0 Å². The fraction of sp³-hybridized carbons (Fsp3) is 0.429. The first-order valence-electron chi connectivity index (χ1n) is 2.83. The molecule has 0 aliphatic rings. The van der Waals surface area contributed by atoms with Crippen LogP contribution in [0.1, 0.15) is 13.8 Å². The summed E-state index contributed by atoms with van der Waals surface area (Å²) in [4.78, 5) is 0. The molecule has 0 nitrogen and oxygen atoms in total. The molecule has 0 aromatic rings. The Labute approximate surface area is 52.7 Å². The molecular formula is C7H11B. The van der Waals surface area contributed by atoms with E-state index in [9.17, 15) is 0 Å². The molecule has 0 bridgehead atoms. The van der Waals surface area contributed by atoms with Crippen molar-refractivity contribution in [3.05, 3.63) is 23.8 Å². The molecule has 0 fully saturated rings. The summed E-state index contributed by atoms with van der Waals surface area (Å²) in [7, 11) is 5.35. The Morgan fingerprint density at radius 2 is 2.12 bits per heavy atom. The van der Waals surface area contributed by atoms with E-state index in [4.69, 9.17) is 7.85 Å². The van der Waals surface area contributed by atoms with E-state index in [0.29, 0.717) is 6.32 Å². The summed E-state index contributed by atoms with van der Waals surface area (Å²) in [5.74, 6) is 0. The predicted octanol–water partition coefficient (Wildman–Crippen LogP) is 2.10. The van der Waals surface area contributed by atoms with Crippen molar-refractivity contribution in [2.45, 2.75) is 20.2 Å². The SMILES string of the molecule is [B]CC(C=CC)=CC. The van der Waals surface area contributed by atoms with Gasteiger partial charge in [0.05, 0.1) is 7.85 Å². The van der Waals surface area contributed by atoms with Crippen molar-refractivity contribution in [2.24, 2.45) is 0 Å². The van der Waals surface area contributed by atoms with Gasteiger partial charge >= 0.3 is 0 Å². The molecule has 0 aromatic carbocycles. The van der Waals surface area contributed by atoms with Gasteiger partial charge in [0.25, 0.3) is 0 Å². The van der Waals surface area contributed by atoms with Crippen LogP contribution in [-0.2, 0) is 0 Å². The van der Waals surface area contributed by atoms with Crippen LogP contribution in [-0.4, -0.2) is 7.85 Å². The van der Waals surface area contributed by atoms with Gasteiger partial charge in [-0.1, -0.05) is 30.1 Å². The van der Waals surface area contributed by atoms with Gasteiger partial charge in [0, 0.05) is 0 Å². The molecule has 0 spiro atoms. The fourth-order valence-electron chi connectivity index (χ4n) is 0.496. The molecule has 42 valence electrons. The van der Waals surface area contributed by atoms with Crippen molar-refractivity contribution in [3.63, 3.8) is 0 Å². The van der Waals surface area contributed by atoms with Gasteiger partial charge in [-0.05, 0) is 13.8 Å². The maximum absolute atomic E-state index is 5.35. The van der Waals surface area contributed by atoms with Crippen molar-refractivity contribution >= 4 is 7.85 Å². The number of allylic oxidation sites excluding steroid dienone is 4. The lowest BCUT2D eigenvalue weighted by atomic mass is 9.96. The molecule has 0 aromatic heterocycles. The highest BCUT2D eigenvalue weighted by Crippen LogP contribution is 1.99. The lowest BCUT2D eigenvalue weighted by molar-refractivity contribution is 1.45. The van der Waals surface area contributed by atoms with Crippen molar-refractivity contribution < 1.29 is 0 Å². The zero-order valence-corrected chi connectivity index (χ0v) is 5.52. The smallest absolute Gasteiger partial charge is 0.0716 e. The molecule has 0 heterocycles. The normalized spacial score (nSPS) is 13.0. The first kappa shape index (κ1) is 7.54. The van der Waals surface area contributed by atoms with E-state index in [2.05, 4.69) is 0 Å². The molecule has 0 N–H and O–H groups in total. The summed E-state index contributed by atoms with van der Waals surface area (Å²) in [5.41, 5.74) is 1.19. The average molecular weight is 106 g/mol. The summed E-state index contributed by atoms with van der Waals surface area (Å²) in [5, 5.41) is 0. The fourth-order valence-corrected chi connectivity index (χ4v) is 0.496. The molecule has 0 atom stereocenters. The quantitative estimate of drug-likeness (QED) is 0.373. The van der Waals surface area contributed by atoms with Crippen LogP contribution in [0.25, 0.3) is 0 Å². The summed E-state index contributed by atoms with van der Waals surface area (Å²) in [6.45, 7) is 3.97. The molecule has 0 saturated carbocycles. The maximum Gasteiger partial charge on any atom is 0.0716 e. The monoisotopic (exact) mass is 106 g/mol. The minimum atomic E-state index is 0.640. The average Bonchev–Trinajstić information content (AvgIpc) is 1.83. The third-order valence-electron chi connectivity index (χ3n) is 0.987.